The molecule has 1 fully saturated rings. The van der Waals surface area contributed by atoms with Crippen LogP contribution in [0, 0.1) is 0 Å². The van der Waals surface area contributed by atoms with Gasteiger partial charge in [-0.15, -0.1) is 11.8 Å². The van der Waals surface area contributed by atoms with E-state index in [-0.39, 0.29) is 5.91 Å². The van der Waals surface area contributed by atoms with Gasteiger partial charge < -0.3 is 15.0 Å². The van der Waals surface area contributed by atoms with E-state index in [1.165, 1.54) is 32.4 Å². The average Bonchev–Trinajstić information content (AvgIpc) is 2.69. The molecule has 1 amide bonds. The van der Waals surface area contributed by atoms with Gasteiger partial charge in [-0.3, -0.25) is 4.79 Å². The lowest BCUT2D eigenvalue weighted by atomic mass is 10.1. The van der Waals surface area contributed by atoms with Gasteiger partial charge in [0.1, 0.15) is 5.75 Å². The van der Waals surface area contributed by atoms with E-state index in [1.807, 2.05) is 6.07 Å². The quantitative estimate of drug-likeness (QED) is 0.683. The van der Waals surface area contributed by atoms with Gasteiger partial charge in [0.25, 0.3) is 5.91 Å². The van der Waals surface area contributed by atoms with Crippen LogP contribution in [0.25, 0.3) is 0 Å². The van der Waals surface area contributed by atoms with Gasteiger partial charge in [0.05, 0.1) is 22.7 Å². The molecule has 3 rings (SSSR count). The van der Waals surface area contributed by atoms with Gasteiger partial charge in [-0.1, -0.05) is 18.0 Å². The Balaban J connectivity index is 1.50. The van der Waals surface area contributed by atoms with Gasteiger partial charge in [0.2, 0.25) is 0 Å². The first-order valence-electron chi connectivity index (χ1n) is 9.12. The molecule has 0 saturated carbocycles. The molecule has 0 spiro atoms. The van der Waals surface area contributed by atoms with E-state index in [0.29, 0.717) is 22.0 Å². The van der Waals surface area contributed by atoms with E-state index in [2.05, 4.69) is 15.2 Å². The Morgan fingerprint density at radius 1 is 1.26 bits per heavy atom. The molecule has 2 heterocycles. The van der Waals surface area contributed by atoms with Gasteiger partial charge in [0.15, 0.2) is 0 Å². The van der Waals surface area contributed by atoms with E-state index >= 15 is 0 Å². The number of carbonyl (C=O) groups is 1. The van der Waals surface area contributed by atoms with Crippen LogP contribution in [0.4, 0.5) is 5.69 Å². The van der Waals surface area contributed by atoms with Gasteiger partial charge in [-0.05, 0) is 56.3 Å². The van der Waals surface area contributed by atoms with Crippen molar-refractivity contribution in [2.24, 2.45) is 0 Å². The summed E-state index contributed by atoms with van der Waals surface area (Å²) in [5.74, 6) is 1.37. The highest BCUT2D eigenvalue weighted by Gasteiger charge is 2.11. The zero-order chi connectivity index (χ0) is 19.1. The molecule has 5 nitrogen and oxygen atoms in total. The van der Waals surface area contributed by atoms with Crippen molar-refractivity contribution in [2.75, 3.05) is 37.8 Å². The third kappa shape index (κ3) is 5.86. The number of halogens is 1. The molecule has 1 aromatic carbocycles. The Morgan fingerprint density at radius 3 is 2.74 bits per heavy atom. The lowest BCUT2D eigenvalue weighted by Gasteiger charge is -2.25. The first-order chi connectivity index (χ1) is 13.2. The van der Waals surface area contributed by atoms with E-state index < -0.39 is 0 Å². The summed E-state index contributed by atoms with van der Waals surface area (Å²) >= 11 is 7.82. The molecule has 1 saturated heterocycles. The third-order valence-corrected chi connectivity index (χ3v) is 5.73. The summed E-state index contributed by atoms with van der Waals surface area (Å²) in [6.45, 7) is 3.51. The number of hydrogen-bond donors (Lipinski definition) is 1. The summed E-state index contributed by atoms with van der Waals surface area (Å²) in [6, 6.07) is 8.84. The summed E-state index contributed by atoms with van der Waals surface area (Å²) in [5, 5.41) is 4.22. The van der Waals surface area contributed by atoms with Gasteiger partial charge >= 0.3 is 0 Å². The van der Waals surface area contributed by atoms with E-state index in [9.17, 15) is 4.79 Å². The van der Waals surface area contributed by atoms with Crippen LogP contribution in [0.5, 0.6) is 5.75 Å². The maximum atomic E-state index is 12.4. The number of likely N-dealkylation sites (tertiary alicyclic amines) is 1. The summed E-state index contributed by atoms with van der Waals surface area (Å²) in [6.07, 6.45) is 5.60. The van der Waals surface area contributed by atoms with Crippen LogP contribution >= 0.6 is 23.4 Å². The predicted octanol–water partition coefficient (Wildman–Crippen LogP) is 4.57. The first-order valence-corrected chi connectivity index (χ1v) is 10.5. The SMILES string of the molecule is COc1ccc(NC(=O)c2ccc(SCCN3CCCCC3)nc2)cc1Cl. The molecule has 0 atom stereocenters. The monoisotopic (exact) mass is 405 g/mol. The van der Waals surface area contributed by atoms with Gasteiger partial charge in [-0.25, -0.2) is 4.98 Å². The number of hydrogen-bond acceptors (Lipinski definition) is 5. The number of nitrogens with one attached hydrogen (secondary N) is 1. The van der Waals surface area contributed by atoms with E-state index in [1.54, 1.807) is 49.3 Å². The average molecular weight is 406 g/mol. The van der Waals surface area contributed by atoms with Crippen molar-refractivity contribution < 1.29 is 9.53 Å². The standard InChI is InChI=1S/C20H24ClN3O2S/c1-26-18-7-6-16(13-17(18)21)23-20(25)15-5-8-19(22-14-15)27-12-11-24-9-3-2-4-10-24/h5-8,13-14H,2-4,9-12H2,1H3,(H,23,25). The summed E-state index contributed by atoms with van der Waals surface area (Å²) in [7, 11) is 1.55. The van der Waals surface area contributed by atoms with Crippen molar-refractivity contribution in [3.8, 4) is 5.75 Å². The molecular weight excluding hydrogens is 382 g/mol. The fourth-order valence-corrected chi connectivity index (χ4v) is 4.12. The number of pyridine rings is 1. The predicted molar refractivity (Wildman–Crippen MR) is 111 cm³/mol. The molecule has 1 N–H and O–H groups in total. The molecule has 0 radical (unpaired) electrons. The number of thioether (sulfide) groups is 1. The van der Waals surface area contributed by atoms with Crippen molar-refractivity contribution in [1.82, 2.24) is 9.88 Å². The Bertz CT molecular complexity index is 764. The zero-order valence-corrected chi connectivity index (χ0v) is 17.0. The Morgan fingerprint density at radius 2 is 2.07 bits per heavy atom. The number of aromatic nitrogens is 1. The molecule has 27 heavy (non-hydrogen) atoms. The van der Waals surface area contributed by atoms with Crippen LogP contribution < -0.4 is 10.1 Å². The maximum absolute atomic E-state index is 12.4. The van der Waals surface area contributed by atoms with Gasteiger partial charge in [-0.2, -0.15) is 0 Å². The third-order valence-electron chi connectivity index (χ3n) is 4.51. The molecule has 144 valence electrons. The van der Waals surface area contributed by atoms with Crippen LogP contribution in [0.1, 0.15) is 29.6 Å². The molecule has 1 aliphatic heterocycles. The number of ether oxygens (including phenoxy) is 1. The van der Waals surface area contributed by atoms with Crippen molar-refractivity contribution in [2.45, 2.75) is 24.3 Å². The molecule has 1 aromatic heterocycles. The first kappa shape index (κ1) is 20.0. The fraction of sp³-hybridized carbons (Fsp3) is 0.400. The van der Waals surface area contributed by atoms with Crippen molar-refractivity contribution in [1.29, 1.82) is 0 Å². The molecule has 0 aliphatic carbocycles. The second kappa shape index (κ2) is 9.97. The van der Waals surface area contributed by atoms with Crippen LogP contribution in [0.3, 0.4) is 0 Å². The van der Waals surface area contributed by atoms with Crippen LogP contribution in [-0.2, 0) is 0 Å². The number of methoxy groups -OCH3 is 1. The molecule has 1 aliphatic rings. The zero-order valence-electron chi connectivity index (χ0n) is 15.4. The number of benzene rings is 1. The minimum Gasteiger partial charge on any atom is -0.495 e. The summed E-state index contributed by atoms with van der Waals surface area (Å²) < 4.78 is 5.11. The Kier molecular flexibility index (Phi) is 7.38. The van der Waals surface area contributed by atoms with Crippen molar-refractivity contribution >= 4 is 35.0 Å². The Labute approximate surface area is 169 Å². The summed E-state index contributed by atoms with van der Waals surface area (Å²) in [5.41, 5.74) is 1.13. The number of rotatable bonds is 7. The van der Waals surface area contributed by atoms with Crippen LogP contribution in [0.15, 0.2) is 41.6 Å². The number of anilines is 1. The highest BCUT2D eigenvalue weighted by molar-refractivity contribution is 7.99. The lowest BCUT2D eigenvalue weighted by Crippen LogP contribution is -2.31. The van der Waals surface area contributed by atoms with Crippen LogP contribution in [-0.4, -0.2) is 48.3 Å². The van der Waals surface area contributed by atoms with Crippen molar-refractivity contribution in [3.63, 3.8) is 0 Å². The molecular formula is C20H24ClN3O2S. The van der Waals surface area contributed by atoms with Crippen LogP contribution in [0.2, 0.25) is 5.02 Å². The minimum atomic E-state index is -0.214. The van der Waals surface area contributed by atoms with E-state index in [0.717, 1.165) is 17.3 Å². The summed E-state index contributed by atoms with van der Waals surface area (Å²) in [4.78, 5) is 19.3. The topological polar surface area (TPSA) is 54.5 Å². The number of carbonyl (C=O) groups excluding carboxylic acids is 1. The maximum Gasteiger partial charge on any atom is 0.257 e. The van der Waals surface area contributed by atoms with Crippen molar-refractivity contribution in [3.05, 3.63) is 47.1 Å². The molecule has 0 unspecified atom stereocenters. The number of amides is 1. The molecule has 2 aromatic rings. The van der Waals surface area contributed by atoms with E-state index in [4.69, 9.17) is 16.3 Å². The normalized spacial score (nSPS) is 14.7. The highest BCUT2D eigenvalue weighted by Crippen LogP contribution is 2.27. The second-order valence-corrected chi connectivity index (χ2v) is 7.96. The van der Waals surface area contributed by atoms with Gasteiger partial charge in [0, 0.05) is 24.2 Å². The number of nitrogens with zero attached hydrogens (tertiary/aromatic N) is 2. The second-order valence-electron chi connectivity index (χ2n) is 6.44. The minimum absolute atomic E-state index is 0.214. The largest absolute Gasteiger partial charge is 0.495 e. The molecule has 7 heteroatoms. The smallest absolute Gasteiger partial charge is 0.257 e. The fourth-order valence-electron chi connectivity index (χ4n) is 3.01. The number of piperidine rings is 1. The highest BCUT2D eigenvalue weighted by atomic mass is 35.5. The lowest BCUT2D eigenvalue weighted by molar-refractivity contribution is 0.102. The molecule has 0 bridgehead atoms. The Hall–Kier alpha value is -1.76.